The Labute approximate surface area is 174 Å². The van der Waals surface area contributed by atoms with E-state index in [1.54, 1.807) is 18.6 Å². The topological polar surface area (TPSA) is 75.8 Å². The minimum atomic E-state index is 0.245. The highest BCUT2D eigenvalue weighted by molar-refractivity contribution is 5.83. The lowest BCUT2D eigenvalue weighted by molar-refractivity contribution is 1.02. The molecule has 144 valence electrons. The molecule has 30 heavy (non-hydrogen) atoms. The van der Waals surface area contributed by atoms with Crippen molar-refractivity contribution < 1.29 is 0 Å². The third kappa shape index (κ3) is 5.59. The molecule has 0 saturated carbocycles. The first-order chi connectivity index (χ1) is 14.8. The molecule has 0 radical (unpaired) electrons. The van der Waals surface area contributed by atoms with Crippen LogP contribution in [0.2, 0.25) is 0 Å². The molecular weight excluding hydrogens is 372 g/mol. The molecule has 4 rings (SSSR count). The summed E-state index contributed by atoms with van der Waals surface area (Å²) in [5.41, 5.74) is 2.84. The highest BCUT2D eigenvalue weighted by Gasteiger charge is 2.04. The van der Waals surface area contributed by atoms with Gasteiger partial charge in [0.05, 0.1) is 0 Å². The largest absolute Gasteiger partial charge is 0.256 e. The zero-order valence-electron chi connectivity index (χ0n) is 16.1. The smallest absolute Gasteiger partial charge is 0.219 e. The molecule has 4 aromatic rings. The van der Waals surface area contributed by atoms with Crippen LogP contribution in [-0.4, -0.2) is 33.6 Å². The predicted molar refractivity (Wildman–Crippen MR) is 121 cm³/mol. The fourth-order valence-electron chi connectivity index (χ4n) is 2.53. The van der Waals surface area contributed by atoms with Crippen molar-refractivity contribution in [1.82, 2.24) is 15.0 Å². The number of aliphatic imine (C=N–C) groups is 3. The number of rotatable bonds is 6. The Kier molecular flexibility index (Phi) is 6.18. The van der Waals surface area contributed by atoms with E-state index < -0.39 is 0 Å². The van der Waals surface area contributed by atoms with Crippen LogP contribution in [0.1, 0.15) is 16.7 Å². The number of benzene rings is 3. The molecule has 0 amide bonds. The summed E-state index contributed by atoms with van der Waals surface area (Å²) in [5, 5.41) is 0. The number of nitrogens with zero attached hydrogens (tertiary/aromatic N) is 6. The summed E-state index contributed by atoms with van der Waals surface area (Å²) in [6.07, 6.45) is 5.10. The normalized spacial score (nSPS) is 11.6. The van der Waals surface area contributed by atoms with Gasteiger partial charge in [-0.25, -0.2) is 15.0 Å². The van der Waals surface area contributed by atoms with Gasteiger partial charge in [0.25, 0.3) is 17.8 Å². The van der Waals surface area contributed by atoms with E-state index in [1.165, 1.54) is 0 Å². The molecule has 0 N–H and O–H groups in total. The Morgan fingerprint density at radius 1 is 0.400 bits per heavy atom. The van der Waals surface area contributed by atoms with Crippen molar-refractivity contribution in [2.75, 3.05) is 0 Å². The third-order valence-electron chi connectivity index (χ3n) is 3.99. The Balaban J connectivity index is 1.65. The molecule has 6 nitrogen and oxygen atoms in total. The molecular formula is C24H18N6. The number of hydrogen-bond donors (Lipinski definition) is 0. The van der Waals surface area contributed by atoms with E-state index >= 15 is 0 Å². The van der Waals surface area contributed by atoms with Crippen LogP contribution in [0, 0.1) is 0 Å². The SMILES string of the molecule is C(=Nc1nc(N=Cc2ccccc2)nc(N=Cc2ccccc2)n1)c1ccccc1. The van der Waals surface area contributed by atoms with Crippen LogP contribution in [0.5, 0.6) is 0 Å². The lowest BCUT2D eigenvalue weighted by atomic mass is 10.2. The zero-order valence-corrected chi connectivity index (χ0v) is 16.1. The average Bonchev–Trinajstić information content (AvgIpc) is 2.82. The van der Waals surface area contributed by atoms with E-state index in [0.29, 0.717) is 0 Å². The van der Waals surface area contributed by atoms with Crippen molar-refractivity contribution in [2.45, 2.75) is 0 Å². The first-order valence-corrected chi connectivity index (χ1v) is 9.39. The maximum absolute atomic E-state index is 4.37. The molecule has 0 aliphatic carbocycles. The first kappa shape index (κ1) is 19.0. The zero-order chi connectivity index (χ0) is 20.4. The van der Waals surface area contributed by atoms with Gasteiger partial charge in [-0.3, -0.25) is 0 Å². The lowest BCUT2D eigenvalue weighted by Crippen LogP contribution is -1.90. The Hall–Kier alpha value is -4.32. The molecule has 1 heterocycles. The van der Waals surface area contributed by atoms with E-state index in [9.17, 15) is 0 Å². The molecule has 0 atom stereocenters. The van der Waals surface area contributed by atoms with Crippen molar-refractivity contribution in [3.05, 3.63) is 108 Å². The van der Waals surface area contributed by atoms with Gasteiger partial charge in [0.1, 0.15) is 0 Å². The standard InChI is InChI=1S/C24H18N6/c1-4-10-19(11-5-1)16-25-22-28-23(26-17-20-12-6-2-7-13-20)30-24(29-22)27-18-21-14-8-3-9-15-21/h1-18H. The van der Waals surface area contributed by atoms with Crippen LogP contribution in [0.4, 0.5) is 17.8 Å². The minimum Gasteiger partial charge on any atom is -0.219 e. The van der Waals surface area contributed by atoms with Crippen LogP contribution in [0.15, 0.2) is 106 Å². The monoisotopic (exact) mass is 390 g/mol. The molecule has 0 aliphatic rings. The van der Waals surface area contributed by atoms with Gasteiger partial charge in [0.15, 0.2) is 0 Å². The van der Waals surface area contributed by atoms with Crippen molar-refractivity contribution in [3.63, 3.8) is 0 Å². The van der Waals surface area contributed by atoms with Crippen LogP contribution < -0.4 is 0 Å². The fraction of sp³-hybridized carbons (Fsp3) is 0. The number of aromatic nitrogens is 3. The third-order valence-corrected chi connectivity index (χ3v) is 3.99. The Bertz CT molecular complexity index is 1010. The van der Waals surface area contributed by atoms with E-state index in [1.807, 2.05) is 91.0 Å². The maximum Gasteiger partial charge on any atom is 0.256 e. The molecule has 0 spiro atoms. The summed E-state index contributed by atoms with van der Waals surface area (Å²) >= 11 is 0. The molecule has 0 bridgehead atoms. The molecule has 0 unspecified atom stereocenters. The molecule has 6 heteroatoms. The van der Waals surface area contributed by atoms with Gasteiger partial charge in [-0.1, -0.05) is 91.0 Å². The van der Waals surface area contributed by atoms with Crippen molar-refractivity contribution in [2.24, 2.45) is 15.0 Å². The van der Waals surface area contributed by atoms with Gasteiger partial charge >= 0.3 is 0 Å². The molecule has 0 aliphatic heterocycles. The van der Waals surface area contributed by atoms with E-state index in [4.69, 9.17) is 0 Å². The number of hydrogen-bond acceptors (Lipinski definition) is 6. The molecule has 3 aromatic carbocycles. The summed E-state index contributed by atoms with van der Waals surface area (Å²) in [5.74, 6) is 0.734. The molecule has 1 aromatic heterocycles. The lowest BCUT2D eigenvalue weighted by Gasteiger charge is -1.99. The summed E-state index contributed by atoms with van der Waals surface area (Å²) in [4.78, 5) is 26.1. The van der Waals surface area contributed by atoms with Crippen molar-refractivity contribution in [1.29, 1.82) is 0 Å². The van der Waals surface area contributed by atoms with Gasteiger partial charge in [-0.15, -0.1) is 0 Å². The second-order valence-corrected chi connectivity index (χ2v) is 6.24. The second kappa shape index (κ2) is 9.75. The van der Waals surface area contributed by atoms with Gasteiger partial charge in [-0.2, -0.15) is 15.0 Å². The highest BCUT2D eigenvalue weighted by Crippen LogP contribution is 2.16. The van der Waals surface area contributed by atoms with Gasteiger partial charge < -0.3 is 0 Å². The van der Waals surface area contributed by atoms with Gasteiger partial charge in [-0.05, 0) is 16.7 Å². The van der Waals surface area contributed by atoms with Crippen LogP contribution in [0.3, 0.4) is 0 Å². The summed E-state index contributed by atoms with van der Waals surface area (Å²) in [7, 11) is 0. The van der Waals surface area contributed by atoms with E-state index in [0.717, 1.165) is 16.7 Å². The molecule has 0 saturated heterocycles. The van der Waals surface area contributed by atoms with Crippen LogP contribution in [-0.2, 0) is 0 Å². The van der Waals surface area contributed by atoms with Crippen LogP contribution >= 0.6 is 0 Å². The van der Waals surface area contributed by atoms with Crippen LogP contribution in [0.25, 0.3) is 0 Å². The van der Waals surface area contributed by atoms with Gasteiger partial charge in [0, 0.05) is 18.6 Å². The maximum atomic E-state index is 4.37. The fourth-order valence-corrected chi connectivity index (χ4v) is 2.53. The van der Waals surface area contributed by atoms with Gasteiger partial charge in [0.2, 0.25) is 0 Å². The van der Waals surface area contributed by atoms with Crippen molar-refractivity contribution in [3.8, 4) is 0 Å². The minimum absolute atomic E-state index is 0.245. The Morgan fingerprint density at radius 3 is 0.933 bits per heavy atom. The molecule has 0 fully saturated rings. The summed E-state index contributed by atoms with van der Waals surface area (Å²) in [6, 6.07) is 29.2. The average molecular weight is 390 g/mol. The second-order valence-electron chi connectivity index (χ2n) is 6.24. The summed E-state index contributed by atoms with van der Waals surface area (Å²) < 4.78 is 0. The predicted octanol–water partition coefficient (Wildman–Crippen LogP) is 5.12. The highest BCUT2D eigenvalue weighted by atomic mass is 15.2. The summed E-state index contributed by atoms with van der Waals surface area (Å²) in [6.45, 7) is 0. The van der Waals surface area contributed by atoms with E-state index in [-0.39, 0.29) is 17.8 Å². The van der Waals surface area contributed by atoms with E-state index in [2.05, 4.69) is 29.9 Å². The quantitative estimate of drug-likeness (QED) is 0.429. The van der Waals surface area contributed by atoms with Crippen molar-refractivity contribution >= 4 is 36.5 Å². The Morgan fingerprint density at radius 2 is 0.667 bits per heavy atom. The first-order valence-electron chi connectivity index (χ1n) is 9.39.